The highest BCUT2D eigenvalue weighted by Gasteiger charge is 2.29. The van der Waals surface area contributed by atoms with Crippen LogP contribution in [-0.2, 0) is 17.8 Å². The molecular weight excluding hydrogens is 316 g/mol. The Kier molecular flexibility index (Phi) is 4.53. The summed E-state index contributed by atoms with van der Waals surface area (Å²) in [5, 5.41) is 4.06. The monoisotopic (exact) mass is 340 g/mol. The molecular formula is C19H24N4O2. The lowest BCUT2D eigenvalue weighted by Crippen LogP contribution is -2.48. The molecule has 132 valence electrons. The number of benzene rings is 1. The number of hydrogen-bond acceptors (Lipinski definition) is 5. The van der Waals surface area contributed by atoms with Gasteiger partial charge in [0, 0.05) is 32.1 Å². The molecule has 1 aliphatic carbocycles. The molecule has 6 heteroatoms. The van der Waals surface area contributed by atoms with Crippen molar-refractivity contribution >= 4 is 5.91 Å². The van der Waals surface area contributed by atoms with Crippen molar-refractivity contribution in [3.8, 4) is 0 Å². The Balaban J connectivity index is 1.25. The van der Waals surface area contributed by atoms with Crippen LogP contribution in [0.2, 0.25) is 0 Å². The van der Waals surface area contributed by atoms with Crippen molar-refractivity contribution in [3.63, 3.8) is 0 Å². The molecule has 1 saturated carbocycles. The van der Waals surface area contributed by atoms with Crippen molar-refractivity contribution in [3.05, 3.63) is 47.1 Å². The van der Waals surface area contributed by atoms with Crippen LogP contribution in [0.5, 0.6) is 0 Å². The molecule has 2 aliphatic rings. The fourth-order valence-electron chi connectivity index (χ4n) is 3.18. The quantitative estimate of drug-likeness (QED) is 0.834. The molecule has 4 rings (SSSR count). The molecule has 1 saturated heterocycles. The number of rotatable bonds is 5. The zero-order chi connectivity index (χ0) is 17.2. The largest absolute Gasteiger partial charge is 0.340 e. The van der Waals surface area contributed by atoms with Gasteiger partial charge in [0.05, 0.1) is 13.0 Å². The average Bonchev–Trinajstić information content (AvgIpc) is 3.37. The van der Waals surface area contributed by atoms with Crippen LogP contribution in [0.3, 0.4) is 0 Å². The lowest BCUT2D eigenvalue weighted by Gasteiger charge is -2.34. The fourth-order valence-corrected chi connectivity index (χ4v) is 3.18. The summed E-state index contributed by atoms with van der Waals surface area (Å²) >= 11 is 0. The van der Waals surface area contributed by atoms with Gasteiger partial charge in [-0.3, -0.25) is 9.69 Å². The smallest absolute Gasteiger partial charge is 0.240 e. The molecule has 2 heterocycles. The number of amides is 1. The highest BCUT2D eigenvalue weighted by Crippen LogP contribution is 2.38. The van der Waals surface area contributed by atoms with Gasteiger partial charge < -0.3 is 9.42 Å². The summed E-state index contributed by atoms with van der Waals surface area (Å²) < 4.78 is 5.35. The van der Waals surface area contributed by atoms with Crippen molar-refractivity contribution in [1.82, 2.24) is 19.9 Å². The SMILES string of the molecule is Cc1ccc(CC(=O)N2CCN(Cc3nc(C4CC4)no3)CC2)cc1. The predicted molar refractivity (Wildman–Crippen MR) is 93.0 cm³/mol. The molecule has 1 amide bonds. The van der Waals surface area contributed by atoms with Gasteiger partial charge >= 0.3 is 0 Å². The Labute approximate surface area is 147 Å². The van der Waals surface area contributed by atoms with E-state index in [1.807, 2.05) is 17.0 Å². The molecule has 0 atom stereocenters. The maximum absolute atomic E-state index is 12.5. The second kappa shape index (κ2) is 6.96. The minimum atomic E-state index is 0.206. The van der Waals surface area contributed by atoms with Crippen molar-refractivity contribution in [2.24, 2.45) is 0 Å². The van der Waals surface area contributed by atoms with E-state index in [1.165, 1.54) is 18.4 Å². The van der Waals surface area contributed by atoms with Crippen molar-refractivity contribution in [2.45, 2.75) is 38.6 Å². The minimum absolute atomic E-state index is 0.206. The van der Waals surface area contributed by atoms with Gasteiger partial charge in [-0.25, -0.2) is 0 Å². The van der Waals surface area contributed by atoms with E-state index < -0.39 is 0 Å². The van der Waals surface area contributed by atoms with Crippen LogP contribution in [-0.4, -0.2) is 52.0 Å². The molecule has 1 aromatic heterocycles. The maximum atomic E-state index is 12.5. The van der Waals surface area contributed by atoms with E-state index in [9.17, 15) is 4.79 Å². The van der Waals surface area contributed by atoms with Gasteiger partial charge in [-0.05, 0) is 25.3 Å². The standard InChI is InChI=1S/C19H24N4O2/c1-14-2-4-15(5-3-14)12-18(24)23-10-8-22(9-11-23)13-17-20-19(21-25-17)16-6-7-16/h2-5,16H,6-13H2,1H3. The van der Waals surface area contributed by atoms with E-state index >= 15 is 0 Å². The maximum Gasteiger partial charge on any atom is 0.240 e. The lowest BCUT2D eigenvalue weighted by molar-refractivity contribution is -0.132. The Morgan fingerprint density at radius 1 is 1.16 bits per heavy atom. The Morgan fingerprint density at radius 2 is 1.88 bits per heavy atom. The van der Waals surface area contributed by atoms with Crippen molar-refractivity contribution in [1.29, 1.82) is 0 Å². The van der Waals surface area contributed by atoms with Gasteiger partial charge in [-0.1, -0.05) is 35.0 Å². The highest BCUT2D eigenvalue weighted by atomic mass is 16.5. The fraction of sp³-hybridized carbons (Fsp3) is 0.526. The first-order chi connectivity index (χ1) is 12.2. The van der Waals surface area contributed by atoms with E-state index in [-0.39, 0.29) is 5.91 Å². The summed E-state index contributed by atoms with van der Waals surface area (Å²) in [5.41, 5.74) is 2.30. The molecule has 2 fully saturated rings. The van der Waals surface area contributed by atoms with E-state index in [1.54, 1.807) is 0 Å². The number of aryl methyl sites for hydroxylation is 1. The molecule has 2 aromatic rings. The molecule has 0 bridgehead atoms. The van der Waals surface area contributed by atoms with Crippen LogP contribution in [0.1, 0.15) is 41.6 Å². The van der Waals surface area contributed by atoms with E-state index in [0.29, 0.717) is 24.8 Å². The zero-order valence-corrected chi connectivity index (χ0v) is 14.6. The minimum Gasteiger partial charge on any atom is -0.340 e. The molecule has 1 aromatic carbocycles. The third kappa shape index (κ3) is 4.07. The third-order valence-corrected chi connectivity index (χ3v) is 4.99. The summed E-state index contributed by atoms with van der Waals surface area (Å²) in [5.74, 6) is 2.29. The summed E-state index contributed by atoms with van der Waals surface area (Å²) in [6, 6.07) is 8.19. The van der Waals surface area contributed by atoms with Gasteiger partial charge in [0.2, 0.25) is 11.8 Å². The van der Waals surface area contributed by atoms with Crippen LogP contribution in [0.25, 0.3) is 0 Å². The molecule has 25 heavy (non-hydrogen) atoms. The molecule has 0 radical (unpaired) electrons. The number of piperazine rings is 1. The molecule has 0 spiro atoms. The van der Waals surface area contributed by atoms with Crippen LogP contribution in [0.4, 0.5) is 0 Å². The molecule has 0 unspecified atom stereocenters. The number of aromatic nitrogens is 2. The number of nitrogens with zero attached hydrogens (tertiary/aromatic N) is 4. The summed E-state index contributed by atoms with van der Waals surface area (Å²) in [6.45, 7) is 5.95. The Morgan fingerprint density at radius 3 is 2.56 bits per heavy atom. The van der Waals surface area contributed by atoms with Gasteiger partial charge in [0.15, 0.2) is 5.82 Å². The normalized spacial score (nSPS) is 18.5. The number of carbonyl (C=O) groups is 1. The molecule has 1 aliphatic heterocycles. The third-order valence-electron chi connectivity index (χ3n) is 4.99. The first-order valence-electron chi connectivity index (χ1n) is 9.05. The topological polar surface area (TPSA) is 62.5 Å². The van der Waals surface area contributed by atoms with E-state index in [2.05, 4.69) is 34.1 Å². The van der Waals surface area contributed by atoms with E-state index in [4.69, 9.17) is 4.52 Å². The van der Waals surface area contributed by atoms with Gasteiger partial charge in [-0.15, -0.1) is 0 Å². The first kappa shape index (κ1) is 16.3. The van der Waals surface area contributed by atoms with Crippen LogP contribution in [0, 0.1) is 6.92 Å². The first-order valence-corrected chi connectivity index (χ1v) is 9.05. The Hall–Kier alpha value is -2.21. The van der Waals surface area contributed by atoms with Gasteiger partial charge in [-0.2, -0.15) is 4.98 Å². The van der Waals surface area contributed by atoms with Crippen LogP contribution < -0.4 is 0 Å². The number of carbonyl (C=O) groups excluding carboxylic acids is 1. The summed E-state index contributed by atoms with van der Waals surface area (Å²) in [6.07, 6.45) is 2.84. The van der Waals surface area contributed by atoms with Crippen LogP contribution in [0.15, 0.2) is 28.8 Å². The van der Waals surface area contributed by atoms with Gasteiger partial charge in [0.25, 0.3) is 0 Å². The van der Waals surface area contributed by atoms with Crippen LogP contribution >= 0.6 is 0 Å². The molecule has 0 N–H and O–H groups in total. The predicted octanol–water partition coefficient (Wildman–Crippen LogP) is 2.14. The average molecular weight is 340 g/mol. The second-order valence-corrected chi connectivity index (χ2v) is 7.14. The Bertz CT molecular complexity index is 728. The summed E-state index contributed by atoms with van der Waals surface area (Å²) in [7, 11) is 0. The number of hydrogen-bond donors (Lipinski definition) is 0. The zero-order valence-electron chi connectivity index (χ0n) is 14.6. The van der Waals surface area contributed by atoms with E-state index in [0.717, 1.165) is 37.6 Å². The molecule has 6 nitrogen and oxygen atoms in total. The highest BCUT2D eigenvalue weighted by molar-refractivity contribution is 5.78. The second-order valence-electron chi connectivity index (χ2n) is 7.14. The lowest BCUT2D eigenvalue weighted by atomic mass is 10.1. The van der Waals surface area contributed by atoms with Gasteiger partial charge in [0.1, 0.15) is 0 Å². The summed E-state index contributed by atoms with van der Waals surface area (Å²) in [4.78, 5) is 21.2. The van der Waals surface area contributed by atoms with Crippen molar-refractivity contribution < 1.29 is 9.32 Å². The van der Waals surface area contributed by atoms with Crippen molar-refractivity contribution in [2.75, 3.05) is 26.2 Å².